The highest BCUT2D eigenvalue weighted by Gasteiger charge is 2.42. The van der Waals surface area contributed by atoms with E-state index in [1.54, 1.807) is 0 Å². The van der Waals surface area contributed by atoms with Crippen LogP contribution in [0.5, 0.6) is 0 Å². The minimum absolute atomic E-state index is 0.0372. The number of carbonyl (C=O) groups is 1. The maximum atomic E-state index is 11.6. The van der Waals surface area contributed by atoms with Crippen LogP contribution >= 0.6 is 0 Å². The largest absolute Gasteiger partial charge is 0.466 e. The molecule has 3 aromatic rings. The summed E-state index contributed by atoms with van der Waals surface area (Å²) in [7, 11) is 0. The Morgan fingerprint density at radius 3 is 2.80 bits per heavy atom. The van der Waals surface area contributed by atoms with Gasteiger partial charge in [-0.25, -0.2) is 4.98 Å². The number of para-hydroxylation sites is 2. The molecule has 0 radical (unpaired) electrons. The van der Waals surface area contributed by atoms with Crippen molar-refractivity contribution < 1.29 is 13.9 Å². The second-order valence-corrected chi connectivity index (χ2v) is 6.23. The Balaban J connectivity index is 1.44. The second-order valence-electron chi connectivity index (χ2n) is 6.23. The Hall–Kier alpha value is -2.88. The maximum Gasteiger partial charge on any atom is 0.309 e. The number of aromatic nitrogens is 1. The van der Waals surface area contributed by atoms with E-state index in [1.165, 1.54) is 0 Å². The van der Waals surface area contributed by atoms with Crippen LogP contribution in [0.4, 0.5) is 0 Å². The molecule has 1 saturated carbocycles. The Bertz CT molecular complexity index is 891. The molecule has 126 valence electrons. The van der Waals surface area contributed by atoms with Crippen LogP contribution in [0.2, 0.25) is 0 Å². The van der Waals surface area contributed by atoms with Gasteiger partial charge in [-0.3, -0.25) is 4.79 Å². The predicted molar refractivity (Wildman–Crippen MR) is 96.7 cm³/mol. The monoisotopic (exact) mass is 333 g/mol. The molecule has 4 nitrogen and oxygen atoms in total. The first-order chi connectivity index (χ1) is 12.2. The lowest BCUT2D eigenvalue weighted by Crippen LogP contribution is -2.06. The van der Waals surface area contributed by atoms with Crippen molar-refractivity contribution in [3.63, 3.8) is 0 Å². The summed E-state index contributed by atoms with van der Waals surface area (Å²) in [5.74, 6) is 0.885. The smallest absolute Gasteiger partial charge is 0.309 e. The number of oxazole rings is 1. The summed E-state index contributed by atoms with van der Waals surface area (Å²) < 4.78 is 10.8. The van der Waals surface area contributed by atoms with Gasteiger partial charge in [-0.2, -0.15) is 0 Å². The molecule has 0 spiro atoms. The Morgan fingerprint density at radius 1 is 1.24 bits per heavy atom. The number of ether oxygens (including phenoxy) is 1. The van der Waals surface area contributed by atoms with Crippen LogP contribution in [0.25, 0.3) is 28.6 Å². The number of esters is 1. The number of benzene rings is 2. The van der Waals surface area contributed by atoms with Gasteiger partial charge in [0.2, 0.25) is 5.89 Å². The van der Waals surface area contributed by atoms with Gasteiger partial charge in [0.15, 0.2) is 5.58 Å². The molecule has 4 rings (SSSR count). The lowest BCUT2D eigenvalue weighted by molar-refractivity contribution is -0.144. The third-order valence-electron chi connectivity index (χ3n) is 4.42. The molecule has 0 aliphatic heterocycles. The first-order valence-electron chi connectivity index (χ1n) is 8.55. The van der Waals surface area contributed by atoms with Gasteiger partial charge < -0.3 is 9.15 Å². The van der Waals surface area contributed by atoms with Gasteiger partial charge in [-0.05, 0) is 49.1 Å². The van der Waals surface area contributed by atoms with Crippen molar-refractivity contribution in [2.75, 3.05) is 6.61 Å². The van der Waals surface area contributed by atoms with Gasteiger partial charge in [-0.15, -0.1) is 0 Å². The zero-order valence-electron chi connectivity index (χ0n) is 14.0. The Morgan fingerprint density at radius 2 is 2.04 bits per heavy atom. The summed E-state index contributed by atoms with van der Waals surface area (Å²) in [5, 5.41) is 0. The third-order valence-corrected chi connectivity index (χ3v) is 4.42. The minimum Gasteiger partial charge on any atom is -0.466 e. The molecule has 1 fully saturated rings. The third kappa shape index (κ3) is 3.33. The predicted octanol–water partition coefficient (Wildman–Crippen LogP) is 4.71. The van der Waals surface area contributed by atoms with Crippen molar-refractivity contribution in [3.05, 3.63) is 60.2 Å². The van der Waals surface area contributed by atoms with E-state index in [9.17, 15) is 4.79 Å². The Kier molecular flexibility index (Phi) is 4.10. The lowest BCUT2D eigenvalue weighted by atomic mass is 10.1. The molecule has 1 heterocycles. The van der Waals surface area contributed by atoms with E-state index in [2.05, 4.69) is 17.1 Å². The fraction of sp³-hybridized carbons (Fsp3) is 0.238. The highest BCUT2D eigenvalue weighted by Crippen LogP contribution is 2.41. The molecule has 0 unspecified atom stereocenters. The number of fused-ring (bicyclic) bond motifs is 1. The standard InChI is InChI=1S/C21H19NO3/c1-2-24-21(23)17-13-16(17)12-9-14-7-10-15(11-8-14)20-22-18-5-3-4-6-19(18)25-20/h3-12,16-17H,2,13H2,1H3/t16-,17+/m0/s1. The van der Waals surface area contributed by atoms with Crippen molar-refractivity contribution in [2.45, 2.75) is 13.3 Å². The van der Waals surface area contributed by atoms with Crippen molar-refractivity contribution in [2.24, 2.45) is 11.8 Å². The molecule has 1 aliphatic carbocycles. The van der Waals surface area contributed by atoms with Crippen LogP contribution in [0.15, 0.2) is 59.0 Å². The molecule has 1 aliphatic rings. The van der Waals surface area contributed by atoms with Crippen LogP contribution < -0.4 is 0 Å². The lowest BCUT2D eigenvalue weighted by Gasteiger charge is -1.99. The molecule has 0 saturated heterocycles. The SMILES string of the molecule is CCOC(=O)[C@@H]1C[C@@H]1C=Cc1ccc(-c2nc3ccccc3o2)cc1. The number of nitrogens with zero attached hydrogens (tertiary/aromatic N) is 1. The number of hydrogen-bond donors (Lipinski definition) is 0. The average Bonchev–Trinajstić information content (AvgIpc) is 3.29. The van der Waals surface area contributed by atoms with Gasteiger partial charge in [0.1, 0.15) is 5.52 Å². The fourth-order valence-corrected chi connectivity index (χ4v) is 2.91. The summed E-state index contributed by atoms with van der Waals surface area (Å²) >= 11 is 0. The second kappa shape index (κ2) is 6.55. The molecular weight excluding hydrogens is 314 g/mol. The molecule has 1 aromatic heterocycles. The zero-order chi connectivity index (χ0) is 17.2. The van der Waals surface area contributed by atoms with E-state index in [4.69, 9.17) is 9.15 Å². The molecule has 4 heteroatoms. The Labute approximate surface area is 146 Å². The van der Waals surface area contributed by atoms with Gasteiger partial charge >= 0.3 is 5.97 Å². The van der Waals surface area contributed by atoms with E-state index < -0.39 is 0 Å². The molecule has 0 N–H and O–H groups in total. The van der Waals surface area contributed by atoms with E-state index in [-0.39, 0.29) is 11.9 Å². The minimum atomic E-state index is -0.0801. The van der Waals surface area contributed by atoms with E-state index in [0.29, 0.717) is 18.4 Å². The number of hydrogen-bond acceptors (Lipinski definition) is 4. The molecule has 2 aromatic carbocycles. The normalized spacial score (nSPS) is 19.4. The van der Waals surface area contributed by atoms with Gasteiger partial charge in [0.25, 0.3) is 0 Å². The van der Waals surface area contributed by atoms with E-state index >= 15 is 0 Å². The topological polar surface area (TPSA) is 52.3 Å². The van der Waals surface area contributed by atoms with Gasteiger partial charge in [-0.1, -0.05) is 36.4 Å². The number of carbonyl (C=O) groups excluding carboxylic acids is 1. The van der Waals surface area contributed by atoms with Crippen LogP contribution in [-0.2, 0) is 9.53 Å². The van der Waals surface area contributed by atoms with Crippen LogP contribution in [0.3, 0.4) is 0 Å². The molecule has 2 atom stereocenters. The highest BCUT2D eigenvalue weighted by atomic mass is 16.5. The molecule has 0 bridgehead atoms. The van der Waals surface area contributed by atoms with E-state index in [0.717, 1.165) is 28.6 Å². The van der Waals surface area contributed by atoms with Crippen molar-refractivity contribution in [3.8, 4) is 11.5 Å². The summed E-state index contributed by atoms with van der Waals surface area (Å²) in [6.07, 6.45) is 5.03. The maximum absolute atomic E-state index is 11.6. The van der Waals surface area contributed by atoms with Crippen molar-refractivity contribution in [1.82, 2.24) is 4.98 Å². The highest BCUT2D eigenvalue weighted by molar-refractivity contribution is 5.77. The first-order valence-corrected chi connectivity index (χ1v) is 8.55. The number of rotatable bonds is 5. The molecule has 0 amide bonds. The van der Waals surface area contributed by atoms with Gasteiger partial charge in [0.05, 0.1) is 12.5 Å². The zero-order valence-corrected chi connectivity index (χ0v) is 14.0. The average molecular weight is 333 g/mol. The van der Waals surface area contributed by atoms with Gasteiger partial charge in [0, 0.05) is 5.56 Å². The van der Waals surface area contributed by atoms with Crippen molar-refractivity contribution >= 4 is 23.1 Å². The van der Waals surface area contributed by atoms with E-state index in [1.807, 2.05) is 55.5 Å². The summed E-state index contributed by atoms with van der Waals surface area (Å²) in [4.78, 5) is 16.1. The van der Waals surface area contributed by atoms with Crippen LogP contribution in [-0.4, -0.2) is 17.6 Å². The summed E-state index contributed by atoms with van der Waals surface area (Å²) in [6, 6.07) is 15.8. The first kappa shape index (κ1) is 15.6. The van der Waals surface area contributed by atoms with Crippen LogP contribution in [0, 0.1) is 11.8 Å². The van der Waals surface area contributed by atoms with Crippen LogP contribution in [0.1, 0.15) is 18.9 Å². The fourth-order valence-electron chi connectivity index (χ4n) is 2.91. The van der Waals surface area contributed by atoms with Crippen molar-refractivity contribution in [1.29, 1.82) is 0 Å². The number of allylic oxidation sites excluding steroid dienone is 1. The summed E-state index contributed by atoms with van der Waals surface area (Å²) in [6.45, 7) is 2.28. The summed E-state index contributed by atoms with van der Waals surface area (Å²) in [5.41, 5.74) is 3.69. The quantitative estimate of drug-likeness (QED) is 0.635. The molecular formula is C21H19NO3. The molecule has 25 heavy (non-hydrogen) atoms.